The minimum Gasteiger partial charge on any atom is -0.494 e. The van der Waals surface area contributed by atoms with Gasteiger partial charge >= 0.3 is 0 Å². The summed E-state index contributed by atoms with van der Waals surface area (Å²) in [5, 5.41) is 3.98. The molecule has 2 atom stereocenters. The van der Waals surface area contributed by atoms with Crippen LogP contribution in [0.1, 0.15) is 43.2 Å². The normalized spacial score (nSPS) is 18.5. The van der Waals surface area contributed by atoms with Gasteiger partial charge in [0.05, 0.1) is 36.8 Å². The molecule has 10 heteroatoms. The van der Waals surface area contributed by atoms with Crippen LogP contribution in [0.2, 0.25) is 0 Å². The van der Waals surface area contributed by atoms with E-state index in [-0.39, 0.29) is 12.1 Å². The molecule has 174 valence electrons. The van der Waals surface area contributed by atoms with Crippen molar-refractivity contribution in [3.05, 3.63) is 72.3 Å². The van der Waals surface area contributed by atoms with Crippen LogP contribution in [0.25, 0.3) is 0 Å². The van der Waals surface area contributed by atoms with Crippen LogP contribution < -0.4 is 19.7 Å². The maximum Gasteiger partial charge on any atom is 0.229 e. The number of nitrogens with one attached hydrogen (secondary N) is 2. The average Bonchev–Trinajstić information content (AvgIpc) is 3.38. The third-order valence-corrected chi connectivity index (χ3v) is 6.44. The van der Waals surface area contributed by atoms with Gasteiger partial charge in [0.25, 0.3) is 0 Å². The fourth-order valence-electron chi connectivity index (χ4n) is 4.01. The molecule has 1 aliphatic heterocycles. The van der Waals surface area contributed by atoms with Crippen molar-refractivity contribution in [3.63, 3.8) is 0 Å². The molecule has 8 nitrogen and oxygen atoms in total. The first kappa shape index (κ1) is 23.1. The van der Waals surface area contributed by atoms with Crippen LogP contribution >= 0.6 is 12.2 Å². The number of pyridine rings is 1. The van der Waals surface area contributed by atoms with E-state index in [0.717, 1.165) is 23.2 Å². The van der Waals surface area contributed by atoms with Gasteiger partial charge in [-0.25, -0.2) is 8.42 Å². The van der Waals surface area contributed by atoms with Crippen molar-refractivity contribution in [2.45, 2.75) is 32.0 Å². The SMILES string of the molecule is COc1cc(N2C(=S)NC(c3ccccn3)C2c2ccn(C(C)C)c2)ccc1NS(C)(=O)=O. The number of aromatic nitrogens is 2. The Morgan fingerprint density at radius 2 is 2.00 bits per heavy atom. The lowest BCUT2D eigenvalue weighted by atomic mass is 9.98. The molecule has 0 bridgehead atoms. The summed E-state index contributed by atoms with van der Waals surface area (Å²) in [6.07, 6.45) is 7.07. The van der Waals surface area contributed by atoms with Crippen LogP contribution in [0.4, 0.5) is 11.4 Å². The molecule has 0 amide bonds. The van der Waals surface area contributed by atoms with E-state index in [1.165, 1.54) is 7.11 Å². The molecule has 0 aliphatic carbocycles. The van der Waals surface area contributed by atoms with Gasteiger partial charge in [0.1, 0.15) is 5.75 Å². The van der Waals surface area contributed by atoms with E-state index in [9.17, 15) is 8.42 Å². The Labute approximate surface area is 199 Å². The minimum absolute atomic E-state index is 0.161. The van der Waals surface area contributed by atoms with E-state index in [1.54, 1.807) is 18.3 Å². The Balaban J connectivity index is 1.80. The number of benzene rings is 1. The van der Waals surface area contributed by atoms with Gasteiger partial charge in [0, 0.05) is 36.4 Å². The van der Waals surface area contributed by atoms with Gasteiger partial charge < -0.3 is 19.5 Å². The van der Waals surface area contributed by atoms with E-state index in [2.05, 4.69) is 51.9 Å². The Kier molecular flexibility index (Phi) is 6.31. The molecule has 1 aliphatic rings. The van der Waals surface area contributed by atoms with E-state index >= 15 is 0 Å². The summed E-state index contributed by atoms with van der Waals surface area (Å²) >= 11 is 5.76. The Morgan fingerprint density at radius 3 is 2.61 bits per heavy atom. The van der Waals surface area contributed by atoms with E-state index in [0.29, 0.717) is 22.6 Å². The smallest absolute Gasteiger partial charge is 0.229 e. The quantitative estimate of drug-likeness (QED) is 0.489. The zero-order valence-corrected chi connectivity index (χ0v) is 20.5. The summed E-state index contributed by atoms with van der Waals surface area (Å²) in [6, 6.07) is 13.2. The monoisotopic (exact) mass is 485 g/mol. The van der Waals surface area contributed by atoms with Crippen molar-refractivity contribution in [1.29, 1.82) is 0 Å². The number of thiocarbonyl (C=S) groups is 1. The van der Waals surface area contributed by atoms with Crippen molar-refractivity contribution in [1.82, 2.24) is 14.9 Å². The molecule has 0 saturated carbocycles. The highest BCUT2D eigenvalue weighted by Crippen LogP contribution is 2.43. The van der Waals surface area contributed by atoms with Crippen LogP contribution in [0.3, 0.4) is 0 Å². The third-order valence-electron chi connectivity index (χ3n) is 5.53. The van der Waals surface area contributed by atoms with Crippen molar-refractivity contribution in [2.75, 3.05) is 23.0 Å². The molecule has 4 rings (SSSR count). The predicted octanol–water partition coefficient (Wildman–Crippen LogP) is 4.02. The van der Waals surface area contributed by atoms with Gasteiger partial charge in [0.2, 0.25) is 10.0 Å². The third kappa shape index (κ3) is 4.81. The number of nitrogens with zero attached hydrogens (tertiary/aromatic N) is 3. The average molecular weight is 486 g/mol. The molecule has 3 heterocycles. The van der Waals surface area contributed by atoms with Crippen molar-refractivity contribution in [2.24, 2.45) is 0 Å². The second kappa shape index (κ2) is 9.03. The molecule has 0 spiro atoms. The highest BCUT2D eigenvalue weighted by atomic mass is 32.2. The fraction of sp³-hybridized carbons (Fsp3) is 0.304. The molecule has 2 unspecified atom stereocenters. The fourth-order valence-corrected chi connectivity index (χ4v) is 4.93. The second-order valence-electron chi connectivity index (χ2n) is 8.24. The van der Waals surface area contributed by atoms with Crippen LogP contribution in [-0.2, 0) is 10.0 Å². The van der Waals surface area contributed by atoms with E-state index in [1.807, 2.05) is 29.2 Å². The summed E-state index contributed by atoms with van der Waals surface area (Å²) in [6.45, 7) is 4.27. The number of sulfonamides is 1. The van der Waals surface area contributed by atoms with E-state index < -0.39 is 10.0 Å². The standard InChI is InChI=1S/C23H27N5O3S2/c1-15(2)27-12-10-16(14-27)22-21(19-7-5-6-11-24-19)25-23(32)28(22)17-8-9-18(20(13-17)31-3)26-33(4,29)30/h5-15,21-22,26H,1-4H3,(H,25,32). The molecular formula is C23H27N5O3S2. The maximum atomic E-state index is 11.7. The Hall–Kier alpha value is -3.11. The highest BCUT2D eigenvalue weighted by Gasteiger charge is 2.41. The van der Waals surface area contributed by atoms with Gasteiger partial charge in [-0.15, -0.1) is 0 Å². The Bertz CT molecular complexity index is 1260. The van der Waals surface area contributed by atoms with Gasteiger partial charge in [-0.05, 0) is 62.0 Å². The number of hydrogen-bond donors (Lipinski definition) is 2. The number of methoxy groups -OCH3 is 1. The predicted molar refractivity (Wildman–Crippen MR) is 134 cm³/mol. The zero-order valence-electron chi connectivity index (χ0n) is 18.9. The molecule has 1 fully saturated rings. The van der Waals surface area contributed by atoms with Crippen LogP contribution in [0, 0.1) is 0 Å². The second-order valence-corrected chi connectivity index (χ2v) is 10.4. The summed E-state index contributed by atoms with van der Waals surface area (Å²) in [5.41, 5.74) is 3.12. The molecule has 33 heavy (non-hydrogen) atoms. The molecule has 2 aromatic heterocycles. The summed E-state index contributed by atoms with van der Waals surface area (Å²) < 4.78 is 33.6. The lowest BCUT2D eigenvalue weighted by Crippen LogP contribution is -2.29. The first-order chi connectivity index (χ1) is 15.7. The van der Waals surface area contributed by atoms with Crippen molar-refractivity contribution < 1.29 is 13.2 Å². The summed E-state index contributed by atoms with van der Waals surface area (Å²) in [5.74, 6) is 0.403. The topological polar surface area (TPSA) is 88.5 Å². The maximum absolute atomic E-state index is 11.7. The van der Waals surface area contributed by atoms with Gasteiger partial charge in [-0.3, -0.25) is 9.71 Å². The van der Waals surface area contributed by atoms with Crippen molar-refractivity contribution >= 4 is 38.7 Å². The van der Waals surface area contributed by atoms with Gasteiger partial charge in [-0.1, -0.05) is 6.07 Å². The van der Waals surface area contributed by atoms with Crippen LogP contribution in [-0.4, -0.2) is 36.4 Å². The number of anilines is 2. The van der Waals surface area contributed by atoms with Crippen molar-refractivity contribution in [3.8, 4) is 5.75 Å². The molecule has 2 N–H and O–H groups in total. The molecule has 1 aromatic carbocycles. The molecule has 1 saturated heterocycles. The molecule has 0 radical (unpaired) electrons. The first-order valence-electron chi connectivity index (χ1n) is 10.5. The lowest BCUT2D eigenvalue weighted by molar-refractivity contribution is 0.417. The number of ether oxygens (including phenoxy) is 1. The van der Waals surface area contributed by atoms with Crippen LogP contribution in [0.5, 0.6) is 5.75 Å². The van der Waals surface area contributed by atoms with Gasteiger partial charge in [-0.2, -0.15) is 0 Å². The highest BCUT2D eigenvalue weighted by molar-refractivity contribution is 7.92. The van der Waals surface area contributed by atoms with Gasteiger partial charge in [0.15, 0.2) is 5.11 Å². The minimum atomic E-state index is -3.45. The number of hydrogen-bond acceptors (Lipinski definition) is 5. The largest absolute Gasteiger partial charge is 0.494 e. The lowest BCUT2D eigenvalue weighted by Gasteiger charge is -2.28. The van der Waals surface area contributed by atoms with Crippen LogP contribution in [0.15, 0.2) is 61.1 Å². The Morgan fingerprint density at radius 1 is 1.21 bits per heavy atom. The summed E-state index contributed by atoms with van der Waals surface area (Å²) in [7, 11) is -1.95. The molecule has 3 aromatic rings. The number of rotatable bonds is 7. The van der Waals surface area contributed by atoms with E-state index in [4.69, 9.17) is 17.0 Å². The first-order valence-corrected chi connectivity index (χ1v) is 12.8. The molecular weight excluding hydrogens is 458 g/mol. The zero-order chi connectivity index (χ0) is 23.8. The summed E-state index contributed by atoms with van der Waals surface area (Å²) in [4.78, 5) is 6.60.